The zero-order valence-corrected chi connectivity index (χ0v) is 14.3. The lowest BCUT2D eigenvalue weighted by atomic mass is 10.1. The van der Waals surface area contributed by atoms with Crippen LogP contribution in [0.15, 0.2) is 52.0 Å². The summed E-state index contributed by atoms with van der Waals surface area (Å²) in [7, 11) is 1.59. The van der Waals surface area contributed by atoms with Crippen molar-refractivity contribution in [1.29, 1.82) is 0 Å². The van der Waals surface area contributed by atoms with Crippen LogP contribution in [0.1, 0.15) is 18.2 Å². The lowest BCUT2D eigenvalue weighted by molar-refractivity contribution is -0.136. The summed E-state index contributed by atoms with van der Waals surface area (Å²) in [4.78, 5) is 27.0. The fourth-order valence-electron chi connectivity index (χ4n) is 2.53. The van der Waals surface area contributed by atoms with Gasteiger partial charge in [-0.2, -0.15) is 0 Å². The summed E-state index contributed by atoms with van der Waals surface area (Å²) in [5.74, 6) is 1.46. The fourth-order valence-corrected chi connectivity index (χ4v) is 3.56. The lowest BCUT2D eigenvalue weighted by Crippen LogP contribution is -2.31. The Kier molecular flexibility index (Phi) is 4.76. The van der Waals surface area contributed by atoms with E-state index in [1.165, 1.54) is 16.7 Å². The van der Waals surface area contributed by atoms with E-state index in [0.29, 0.717) is 34.1 Å². The summed E-state index contributed by atoms with van der Waals surface area (Å²) in [6, 6.07) is 10.8. The molecule has 2 amide bonds. The maximum atomic E-state index is 12.7. The van der Waals surface area contributed by atoms with Crippen molar-refractivity contribution in [3.63, 3.8) is 0 Å². The van der Waals surface area contributed by atoms with Crippen molar-refractivity contribution in [3.8, 4) is 5.75 Å². The summed E-state index contributed by atoms with van der Waals surface area (Å²) in [5.41, 5.74) is 1.16. The molecule has 6 heteroatoms. The standard InChI is InChI=1S/C18H17NO4S/c1-3-19-17(20)15(12-6-8-13(22-2)9-7-12)16(18(19)21)24-11-14-5-4-10-23-14/h4-10H,3,11H2,1-2H3. The molecule has 0 bridgehead atoms. The number of hydrogen-bond acceptors (Lipinski definition) is 5. The smallest absolute Gasteiger partial charge is 0.267 e. The SMILES string of the molecule is CCN1C(=O)C(SCc2ccco2)=C(c2ccc(OC)cc2)C1=O. The molecule has 3 rings (SSSR count). The topological polar surface area (TPSA) is 59.8 Å². The van der Waals surface area contributed by atoms with Crippen LogP contribution in [0.3, 0.4) is 0 Å². The molecule has 1 aromatic heterocycles. The van der Waals surface area contributed by atoms with Crippen LogP contribution in [-0.2, 0) is 15.3 Å². The molecule has 1 aliphatic rings. The van der Waals surface area contributed by atoms with Crippen LogP contribution in [0.2, 0.25) is 0 Å². The van der Waals surface area contributed by atoms with Crippen LogP contribution < -0.4 is 4.74 Å². The molecule has 0 fully saturated rings. The Labute approximate surface area is 144 Å². The van der Waals surface area contributed by atoms with Gasteiger partial charge in [0.2, 0.25) is 0 Å². The van der Waals surface area contributed by atoms with E-state index >= 15 is 0 Å². The molecule has 0 radical (unpaired) electrons. The van der Waals surface area contributed by atoms with E-state index < -0.39 is 0 Å². The second kappa shape index (κ2) is 6.97. The van der Waals surface area contributed by atoms with E-state index in [9.17, 15) is 9.59 Å². The second-order valence-electron chi connectivity index (χ2n) is 5.16. The molecule has 0 saturated carbocycles. The third-order valence-electron chi connectivity index (χ3n) is 3.76. The summed E-state index contributed by atoms with van der Waals surface area (Å²) in [5, 5.41) is 0. The van der Waals surface area contributed by atoms with Gasteiger partial charge in [-0.3, -0.25) is 14.5 Å². The molecular weight excluding hydrogens is 326 g/mol. The Morgan fingerprint density at radius 2 is 1.88 bits per heavy atom. The van der Waals surface area contributed by atoms with Gasteiger partial charge in [0.15, 0.2) is 0 Å². The van der Waals surface area contributed by atoms with Crippen molar-refractivity contribution in [2.45, 2.75) is 12.7 Å². The fraction of sp³-hybridized carbons (Fsp3) is 0.222. The van der Waals surface area contributed by atoms with E-state index in [1.54, 1.807) is 50.6 Å². The number of nitrogens with zero attached hydrogens (tertiary/aromatic N) is 1. The van der Waals surface area contributed by atoms with Gasteiger partial charge in [0, 0.05) is 6.54 Å². The minimum atomic E-state index is -0.255. The normalized spacial score (nSPS) is 14.7. The van der Waals surface area contributed by atoms with Gasteiger partial charge in [-0.05, 0) is 36.8 Å². The number of benzene rings is 1. The van der Waals surface area contributed by atoms with Crippen molar-refractivity contribution >= 4 is 29.1 Å². The number of hydrogen-bond donors (Lipinski definition) is 0. The number of furan rings is 1. The molecule has 1 aliphatic heterocycles. The van der Waals surface area contributed by atoms with Gasteiger partial charge >= 0.3 is 0 Å². The van der Waals surface area contributed by atoms with Crippen LogP contribution >= 0.6 is 11.8 Å². The van der Waals surface area contributed by atoms with Crippen LogP contribution in [0.5, 0.6) is 5.75 Å². The molecule has 0 aliphatic carbocycles. The number of methoxy groups -OCH3 is 1. The van der Waals surface area contributed by atoms with Crippen molar-refractivity contribution in [2.75, 3.05) is 13.7 Å². The molecule has 2 aromatic rings. The maximum absolute atomic E-state index is 12.7. The second-order valence-corrected chi connectivity index (χ2v) is 6.14. The van der Waals surface area contributed by atoms with Gasteiger partial charge in [0.25, 0.3) is 11.8 Å². The third kappa shape index (κ3) is 2.97. The van der Waals surface area contributed by atoms with Gasteiger partial charge in [0.05, 0.1) is 29.6 Å². The molecule has 2 heterocycles. The van der Waals surface area contributed by atoms with E-state index in [2.05, 4.69) is 0 Å². The molecule has 24 heavy (non-hydrogen) atoms. The van der Waals surface area contributed by atoms with E-state index in [4.69, 9.17) is 9.15 Å². The third-order valence-corrected chi connectivity index (χ3v) is 4.86. The molecule has 5 nitrogen and oxygen atoms in total. The van der Waals surface area contributed by atoms with E-state index in [-0.39, 0.29) is 11.8 Å². The van der Waals surface area contributed by atoms with Gasteiger partial charge in [0.1, 0.15) is 11.5 Å². The van der Waals surface area contributed by atoms with Crippen molar-refractivity contribution < 1.29 is 18.7 Å². The zero-order chi connectivity index (χ0) is 17.1. The number of ether oxygens (including phenoxy) is 1. The van der Waals surface area contributed by atoms with Gasteiger partial charge in [-0.25, -0.2) is 0 Å². The molecular formula is C18H17NO4S. The molecule has 0 N–H and O–H groups in total. The highest BCUT2D eigenvalue weighted by Crippen LogP contribution is 2.37. The highest BCUT2D eigenvalue weighted by atomic mass is 32.2. The summed E-state index contributed by atoms with van der Waals surface area (Å²) >= 11 is 1.33. The Bertz CT molecular complexity index is 778. The minimum absolute atomic E-state index is 0.245. The first-order valence-corrected chi connectivity index (χ1v) is 8.54. The first kappa shape index (κ1) is 16.4. The number of imide groups is 1. The number of amides is 2. The van der Waals surface area contributed by atoms with Gasteiger partial charge in [-0.1, -0.05) is 12.1 Å². The first-order chi connectivity index (χ1) is 11.7. The Morgan fingerprint density at radius 1 is 1.12 bits per heavy atom. The van der Waals surface area contributed by atoms with Crippen LogP contribution in [-0.4, -0.2) is 30.4 Å². The molecule has 0 saturated heterocycles. The van der Waals surface area contributed by atoms with Crippen LogP contribution in [0.25, 0.3) is 5.57 Å². The summed E-state index contributed by atoms with van der Waals surface area (Å²) in [6.07, 6.45) is 1.59. The number of likely N-dealkylation sites (N-methyl/N-ethyl adjacent to an activating group) is 1. The first-order valence-electron chi connectivity index (χ1n) is 7.55. The lowest BCUT2D eigenvalue weighted by Gasteiger charge is -2.11. The quantitative estimate of drug-likeness (QED) is 0.753. The predicted molar refractivity (Wildman–Crippen MR) is 92.3 cm³/mol. The minimum Gasteiger partial charge on any atom is -0.497 e. The molecule has 0 spiro atoms. The van der Waals surface area contributed by atoms with Crippen molar-refractivity contribution in [3.05, 3.63) is 58.9 Å². The molecule has 0 atom stereocenters. The maximum Gasteiger partial charge on any atom is 0.267 e. The largest absolute Gasteiger partial charge is 0.497 e. The van der Waals surface area contributed by atoms with Crippen molar-refractivity contribution in [1.82, 2.24) is 4.90 Å². The highest BCUT2D eigenvalue weighted by molar-refractivity contribution is 8.03. The molecule has 1 aromatic carbocycles. The summed E-state index contributed by atoms with van der Waals surface area (Å²) < 4.78 is 10.5. The van der Waals surface area contributed by atoms with E-state index in [0.717, 1.165) is 5.76 Å². The van der Waals surface area contributed by atoms with Crippen LogP contribution in [0, 0.1) is 0 Å². The summed E-state index contributed by atoms with van der Waals surface area (Å²) in [6.45, 7) is 2.14. The predicted octanol–water partition coefficient (Wildman–Crippen LogP) is 3.32. The Hall–Kier alpha value is -2.47. The highest BCUT2D eigenvalue weighted by Gasteiger charge is 2.38. The van der Waals surface area contributed by atoms with E-state index in [1.807, 2.05) is 6.07 Å². The monoisotopic (exact) mass is 343 g/mol. The zero-order valence-electron chi connectivity index (χ0n) is 13.4. The number of rotatable bonds is 6. The molecule has 0 unspecified atom stereocenters. The van der Waals surface area contributed by atoms with Gasteiger partial charge < -0.3 is 9.15 Å². The number of carbonyl (C=O) groups is 2. The number of carbonyl (C=O) groups excluding carboxylic acids is 2. The van der Waals surface area contributed by atoms with Crippen LogP contribution in [0.4, 0.5) is 0 Å². The average Bonchev–Trinajstić information content (AvgIpc) is 3.19. The Balaban J connectivity index is 1.96. The van der Waals surface area contributed by atoms with Gasteiger partial charge in [-0.15, -0.1) is 11.8 Å². The Morgan fingerprint density at radius 3 is 2.46 bits per heavy atom. The van der Waals surface area contributed by atoms with Crippen molar-refractivity contribution in [2.24, 2.45) is 0 Å². The number of thioether (sulfide) groups is 1. The average molecular weight is 343 g/mol. The molecule has 124 valence electrons.